The van der Waals surface area contributed by atoms with E-state index in [1.54, 1.807) is 24.3 Å². The molecule has 110 valence electrons. The highest BCUT2D eigenvalue weighted by molar-refractivity contribution is 6.30. The molecule has 0 N–H and O–H groups in total. The molecule has 0 aromatic heterocycles. The van der Waals surface area contributed by atoms with Crippen LogP contribution in [-0.4, -0.2) is 11.9 Å². The van der Waals surface area contributed by atoms with Crippen molar-refractivity contribution in [1.82, 2.24) is 0 Å². The zero-order valence-corrected chi connectivity index (χ0v) is 11.8. The Morgan fingerprint density at radius 1 is 1.05 bits per heavy atom. The van der Waals surface area contributed by atoms with Crippen LogP contribution in [0.4, 0.5) is 8.78 Å². The van der Waals surface area contributed by atoms with Crippen LogP contribution in [0.5, 0.6) is 0 Å². The summed E-state index contributed by atoms with van der Waals surface area (Å²) in [6.45, 7) is 0. The Morgan fingerprint density at radius 3 is 2.45 bits per heavy atom. The van der Waals surface area contributed by atoms with Crippen molar-refractivity contribution < 1.29 is 18.3 Å². The van der Waals surface area contributed by atoms with Crippen LogP contribution >= 0.6 is 11.6 Å². The van der Waals surface area contributed by atoms with Gasteiger partial charge in [-0.3, -0.25) is 0 Å². The average molecular weight is 320 g/mol. The van der Waals surface area contributed by atoms with Crippen molar-refractivity contribution in [3.05, 3.63) is 75.9 Å². The monoisotopic (exact) mass is 319 g/mol. The fraction of sp³-hybridized carbons (Fsp3) is 0. The molecule has 0 amide bonds. The molecule has 0 saturated carbocycles. The van der Waals surface area contributed by atoms with E-state index in [2.05, 4.69) is 4.99 Å². The lowest BCUT2D eigenvalue weighted by atomic mass is 10.2. The normalized spacial score (nSPS) is 15.9. The number of hydrogen-bond donors (Lipinski definition) is 0. The molecule has 1 heterocycles. The van der Waals surface area contributed by atoms with Gasteiger partial charge in [-0.2, -0.15) is 0 Å². The smallest absolute Gasteiger partial charge is 0.363 e. The summed E-state index contributed by atoms with van der Waals surface area (Å²) in [6.07, 6.45) is 1.33. The van der Waals surface area contributed by atoms with E-state index in [4.69, 9.17) is 16.3 Å². The molecule has 2 aromatic rings. The van der Waals surface area contributed by atoms with Gasteiger partial charge in [0.25, 0.3) is 0 Å². The number of benzene rings is 2. The molecule has 3 nitrogen and oxygen atoms in total. The van der Waals surface area contributed by atoms with Crippen molar-refractivity contribution >= 4 is 29.5 Å². The molecular formula is C16H8ClF2NO2. The first-order valence-electron chi connectivity index (χ1n) is 6.26. The fourth-order valence-corrected chi connectivity index (χ4v) is 2.01. The summed E-state index contributed by atoms with van der Waals surface area (Å²) >= 11 is 5.79. The Kier molecular flexibility index (Phi) is 3.73. The van der Waals surface area contributed by atoms with Gasteiger partial charge < -0.3 is 4.74 Å². The van der Waals surface area contributed by atoms with Gasteiger partial charge in [-0.1, -0.05) is 17.7 Å². The number of halogens is 3. The third-order valence-corrected chi connectivity index (χ3v) is 3.21. The number of rotatable bonds is 2. The van der Waals surface area contributed by atoms with Crippen LogP contribution in [0.1, 0.15) is 11.1 Å². The minimum absolute atomic E-state index is 0.0101. The van der Waals surface area contributed by atoms with Gasteiger partial charge in [0.05, 0.1) is 0 Å². The number of ether oxygens (including phenoxy) is 1. The number of cyclic esters (lactones) is 1. The summed E-state index contributed by atoms with van der Waals surface area (Å²) in [5.41, 5.74) is 0.911. The first-order chi connectivity index (χ1) is 10.5. The molecule has 3 rings (SSSR count). The lowest BCUT2D eigenvalue weighted by molar-refractivity contribution is -0.129. The van der Waals surface area contributed by atoms with Crippen molar-refractivity contribution in [2.75, 3.05) is 0 Å². The van der Waals surface area contributed by atoms with Gasteiger partial charge in [-0.05, 0) is 48.0 Å². The summed E-state index contributed by atoms with van der Waals surface area (Å²) in [6, 6.07) is 9.91. The summed E-state index contributed by atoms with van der Waals surface area (Å²) in [4.78, 5) is 15.8. The van der Waals surface area contributed by atoms with Crippen molar-refractivity contribution in [2.24, 2.45) is 4.99 Å². The maximum Gasteiger partial charge on any atom is 0.363 e. The van der Waals surface area contributed by atoms with Crippen LogP contribution in [0.25, 0.3) is 6.08 Å². The molecule has 0 radical (unpaired) electrons. The molecule has 0 atom stereocenters. The van der Waals surface area contributed by atoms with Gasteiger partial charge in [0, 0.05) is 10.6 Å². The van der Waals surface area contributed by atoms with Crippen molar-refractivity contribution in [1.29, 1.82) is 0 Å². The summed E-state index contributed by atoms with van der Waals surface area (Å²) in [5.74, 6) is -2.48. The van der Waals surface area contributed by atoms with Crippen LogP contribution in [-0.2, 0) is 9.53 Å². The minimum atomic E-state index is -0.998. The lowest BCUT2D eigenvalue weighted by Gasteiger charge is -1.98. The first kappa shape index (κ1) is 14.4. The highest BCUT2D eigenvalue weighted by atomic mass is 35.5. The predicted octanol–water partition coefficient (Wildman–Crippen LogP) is 3.96. The molecule has 0 spiro atoms. The molecule has 0 saturated heterocycles. The quantitative estimate of drug-likeness (QED) is 0.620. The molecule has 0 aliphatic carbocycles. The Hall–Kier alpha value is -2.53. The second-order valence-corrected chi connectivity index (χ2v) is 4.95. The van der Waals surface area contributed by atoms with Crippen LogP contribution in [0.3, 0.4) is 0 Å². The molecule has 22 heavy (non-hydrogen) atoms. The van der Waals surface area contributed by atoms with E-state index in [9.17, 15) is 13.6 Å². The van der Waals surface area contributed by atoms with Gasteiger partial charge >= 0.3 is 5.97 Å². The van der Waals surface area contributed by atoms with Crippen LogP contribution < -0.4 is 0 Å². The third kappa shape index (κ3) is 2.89. The Morgan fingerprint density at radius 2 is 1.77 bits per heavy atom. The summed E-state index contributed by atoms with van der Waals surface area (Å²) in [5, 5.41) is 0.547. The number of esters is 1. The summed E-state index contributed by atoms with van der Waals surface area (Å²) < 4.78 is 31.1. The van der Waals surface area contributed by atoms with E-state index in [1.165, 1.54) is 12.1 Å². The third-order valence-electron chi connectivity index (χ3n) is 2.96. The minimum Gasteiger partial charge on any atom is -0.402 e. The van der Waals surface area contributed by atoms with Gasteiger partial charge in [-0.25, -0.2) is 18.6 Å². The van der Waals surface area contributed by atoms with E-state index >= 15 is 0 Å². The van der Waals surface area contributed by atoms with Gasteiger partial charge in [0.1, 0.15) is 0 Å². The Labute approximate surface area is 129 Å². The Bertz CT molecular complexity index is 813. The van der Waals surface area contributed by atoms with E-state index in [1.807, 2.05) is 0 Å². The highest BCUT2D eigenvalue weighted by Crippen LogP contribution is 2.21. The number of hydrogen-bond acceptors (Lipinski definition) is 3. The molecule has 2 aromatic carbocycles. The van der Waals surface area contributed by atoms with E-state index in [0.717, 1.165) is 12.1 Å². The van der Waals surface area contributed by atoms with Crippen molar-refractivity contribution in [3.63, 3.8) is 0 Å². The molecule has 0 fully saturated rings. The largest absolute Gasteiger partial charge is 0.402 e. The van der Waals surface area contributed by atoms with E-state index in [-0.39, 0.29) is 11.6 Å². The molecule has 0 unspecified atom stereocenters. The van der Waals surface area contributed by atoms with Crippen LogP contribution in [0.2, 0.25) is 5.02 Å². The van der Waals surface area contributed by atoms with Gasteiger partial charge in [-0.15, -0.1) is 0 Å². The summed E-state index contributed by atoms with van der Waals surface area (Å²) in [7, 11) is 0. The number of nitrogens with zero attached hydrogens (tertiary/aromatic N) is 1. The molecule has 1 aliphatic rings. The maximum atomic E-state index is 13.2. The van der Waals surface area contributed by atoms with E-state index in [0.29, 0.717) is 16.1 Å². The van der Waals surface area contributed by atoms with Gasteiger partial charge in [0.15, 0.2) is 17.3 Å². The number of carbonyl (C=O) groups excluding carboxylic acids is 1. The van der Waals surface area contributed by atoms with E-state index < -0.39 is 17.6 Å². The van der Waals surface area contributed by atoms with Crippen molar-refractivity contribution in [3.8, 4) is 0 Å². The second kappa shape index (κ2) is 5.69. The lowest BCUT2D eigenvalue weighted by Crippen LogP contribution is -2.05. The standard InChI is InChI=1S/C16H8ClF2NO2/c17-11-4-2-10(3-5-11)15-20-14(16(21)22-15)8-9-1-6-12(18)13(19)7-9/h1-8H/b14-8+. The predicted molar refractivity (Wildman–Crippen MR) is 78.4 cm³/mol. The topological polar surface area (TPSA) is 38.7 Å². The maximum absolute atomic E-state index is 13.2. The zero-order valence-electron chi connectivity index (χ0n) is 11.0. The average Bonchev–Trinajstić information content (AvgIpc) is 2.85. The molecule has 0 bridgehead atoms. The zero-order chi connectivity index (χ0) is 15.7. The highest BCUT2D eigenvalue weighted by Gasteiger charge is 2.24. The molecular weight excluding hydrogens is 312 g/mol. The van der Waals surface area contributed by atoms with Crippen molar-refractivity contribution in [2.45, 2.75) is 0 Å². The fourth-order valence-electron chi connectivity index (χ4n) is 1.89. The Balaban J connectivity index is 1.93. The van der Waals surface area contributed by atoms with Crippen LogP contribution in [0, 0.1) is 11.6 Å². The van der Waals surface area contributed by atoms with Crippen LogP contribution in [0.15, 0.2) is 53.2 Å². The molecule has 1 aliphatic heterocycles. The molecule has 6 heteroatoms. The number of aliphatic imine (C=N–C) groups is 1. The number of carbonyl (C=O) groups is 1. The second-order valence-electron chi connectivity index (χ2n) is 4.52. The first-order valence-corrected chi connectivity index (χ1v) is 6.64. The SMILES string of the molecule is O=C1OC(c2ccc(Cl)cc2)=N/C1=C/c1ccc(F)c(F)c1. The van der Waals surface area contributed by atoms with Gasteiger partial charge in [0.2, 0.25) is 5.90 Å².